The first-order chi connectivity index (χ1) is 20.9. The second kappa shape index (κ2) is 9.39. The molecule has 0 aliphatic rings. The highest BCUT2D eigenvalue weighted by molar-refractivity contribution is 7.70. The van der Waals surface area contributed by atoms with Crippen molar-refractivity contribution in [1.82, 2.24) is 9.38 Å². The van der Waals surface area contributed by atoms with E-state index in [0.717, 1.165) is 71.3 Å². The molecule has 8 aromatic rings. The van der Waals surface area contributed by atoms with Crippen LogP contribution in [-0.2, 0) is 4.57 Å². The molecular weight excluding hydrogens is 545 g/mol. The Bertz CT molecular complexity index is 2510. The Kier molecular flexibility index (Phi) is 5.57. The van der Waals surface area contributed by atoms with Gasteiger partial charge in [0.15, 0.2) is 0 Å². The largest absolute Gasteiger partial charge is 0.319 e. The number of nitriles is 1. The molecule has 0 aliphatic heterocycles. The number of pyridine rings is 1. The highest BCUT2D eigenvalue weighted by Gasteiger charge is 2.16. The van der Waals surface area contributed by atoms with Crippen LogP contribution in [-0.4, -0.2) is 22.7 Å². The third-order valence-corrected chi connectivity index (χ3v) is 10.00. The summed E-state index contributed by atoms with van der Waals surface area (Å²) in [5, 5.41) is 15.8. The van der Waals surface area contributed by atoms with E-state index in [-0.39, 0.29) is 0 Å². The zero-order valence-corrected chi connectivity index (χ0v) is 24.6. The molecule has 0 aliphatic carbocycles. The van der Waals surface area contributed by atoms with Crippen LogP contribution in [0.5, 0.6) is 0 Å². The lowest BCUT2D eigenvalue weighted by atomic mass is 9.98. The average Bonchev–Trinajstić information content (AvgIpc) is 3.43. The summed E-state index contributed by atoms with van der Waals surface area (Å²) in [4.78, 5) is 5.13. The van der Waals surface area contributed by atoms with Crippen LogP contribution >= 0.6 is 7.14 Å². The van der Waals surface area contributed by atoms with E-state index in [2.05, 4.69) is 101 Å². The monoisotopic (exact) mass is 571 g/mol. The van der Waals surface area contributed by atoms with Crippen LogP contribution < -0.4 is 5.30 Å². The van der Waals surface area contributed by atoms with Crippen LogP contribution in [0.1, 0.15) is 5.56 Å². The van der Waals surface area contributed by atoms with Gasteiger partial charge in [-0.05, 0) is 94.2 Å². The third kappa shape index (κ3) is 4.13. The Morgan fingerprint density at radius 2 is 1.28 bits per heavy atom. The summed E-state index contributed by atoms with van der Waals surface area (Å²) in [6.07, 6.45) is 0. The maximum Gasteiger partial charge on any atom is 0.146 e. The third-order valence-electron chi connectivity index (χ3n) is 8.48. The lowest BCUT2D eigenvalue weighted by molar-refractivity contribution is 0.588. The quantitative estimate of drug-likeness (QED) is 0.157. The fourth-order valence-corrected chi connectivity index (χ4v) is 7.09. The molecule has 2 aromatic heterocycles. The standard InChI is InChI=1S/C38H26N3OP/c1-43(2,42)31-16-13-26-11-12-27(19-30(26)20-31)29-14-17-33-32-5-3-4-6-34(32)38-40-35-18-15-28(22-37(35)41(38)36(33)21-29)25-9-7-24(23-39)8-10-25/h3-22H,1-2H3. The van der Waals surface area contributed by atoms with Crippen molar-refractivity contribution in [2.45, 2.75) is 0 Å². The number of hydrogen-bond donors (Lipinski definition) is 0. The number of imidazole rings is 1. The number of benzene rings is 6. The molecule has 6 aromatic carbocycles. The molecular formula is C38H26N3OP. The van der Waals surface area contributed by atoms with Crippen LogP contribution in [0.15, 0.2) is 121 Å². The number of nitrogens with zero attached hydrogens (tertiary/aromatic N) is 3. The molecule has 0 amide bonds. The van der Waals surface area contributed by atoms with E-state index in [9.17, 15) is 9.83 Å². The van der Waals surface area contributed by atoms with Gasteiger partial charge in [-0.3, -0.25) is 4.40 Å². The second-order valence-corrected chi connectivity index (χ2v) is 14.8. The summed E-state index contributed by atoms with van der Waals surface area (Å²) in [5.74, 6) is 0. The van der Waals surface area contributed by atoms with Crippen LogP contribution in [0, 0.1) is 11.3 Å². The van der Waals surface area contributed by atoms with E-state index in [1.54, 1.807) is 0 Å². The molecule has 0 unspecified atom stereocenters. The smallest absolute Gasteiger partial charge is 0.146 e. The molecule has 204 valence electrons. The SMILES string of the molecule is CP(C)(=O)c1ccc2ccc(-c3ccc4c5ccccc5c5nc6ccc(-c7ccc(C#N)cc7)cc6n5c4c3)cc2c1. The van der Waals surface area contributed by atoms with E-state index >= 15 is 0 Å². The van der Waals surface area contributed by atoms with E-state index in [0.29, 0.717) is 5.56 Å². The molecule has 0 saturated carbocycles. The Morgan fingerprint density at radius 1 is 0.628 bits per heavy atom. The van der Waals surface area contributed by atoms with Gasteiger partial charge in [0.25, 0.3) is 0 Å². The average molecular weight is 572 g/mol. The maximum atomic E-state index is 12.8. The number of hydrogen-bond acceptors (Lipinski definition) is 3. The lowest BCUT2D eigenvalue weighted by Gasteiger charge is -2.12. The second-order valence-electron chi connectivity index (χ2n) is 11.5. The van der Waals surface area contributed by atoms with Crippen molar-refractivity contribution in [2.24, 2.45) is 0 Å². The predicted molar refractivity (Wildman–Crippen MR) is 180 cm³/mol. The topological polar surface area (TPSA) is 58.2 Å². The van der Waals surface area contributed by atoms with Gasteiger partial charge in [-0.1, -0.05) is 78.9 Å². The van der Waals surface area contributed by atoms with Crippen LogP contribution in [0.3, 0.4) is 0 Å². The fourth-order valence-electron chi connectivity index (χ4n) is 6.20. The van der Waals surface area contributed by atoms with Crippen molar-refractivity contribution in [3.05, 3.63) is 127 Å². The maximum absolute atomic E-state index is 12.8. The molecule has 0 spiro atoms. The van der Waals surface area contributed by atoms with Crippen molar-refractivity contribution in [3.63, 3.8) is 0 Å². The molecule has 4 nitrogen and oxygen atoms in total. The van der Waals surface area contributed by atoms with Crippen LogP contribution in [0.25, 0.3) is 71.4 Å². The molecule has 43 heavy (non-hydrogen) atoms. The first-order valence-electron chi connectivity index (χ1n) is 14.2. The highest BCUT2D eigenvalue weighted by atomic mass is 31.2. The van der Waals surface area contributed by atoms with Crippen molar-refractivity contribution in [2.75, 3.05) is 13.3 Å². The Hall–Kier alpha value is -5.23. The molecule has 0 radical (unpaired) electrons. The van der Waals surface area contributed by atoms with Gasteiger partial charge in [-0.2, -0.15) is 5.26 Å². The minimum Gasteiger partial charge on any atom is -0.319 e. The number of fused-ring (bicyclic) bond motifs is 9. The molecule has 0 N–H and O–H groups in total. The number of aromatic nitrogens is 2. The number of rotatable bonds is 3. The van der Waals surface area contributed by atoms with Gasteiger partial charge in [-0.25, -0.2) is 4.98 Å². The first-order valence-corrected chi connectivity index (χ1v) is 16.8. The minimum atomic E-state index is -2.36. The summed E-state index contributed by atoms with van der Waals surface area (Å²) in [6.45, 7) is 3.64. The van der Waals surface area contributed by atoms with E-state index in [1.807, 2.05) is 43.7 Å². The minimum absolute atomic E-state index is 0.646. The van der Waals surface area contributed by atoms with Crippen LogP contribution in [0.4, 0.5) is 0 Å². The van der Waals surface area contributed by atoms with Gasteiger partial charge >= 0.3 is 0 Å². The van der Waals surface area contributed by atoms with Gasteiger partial charge in [0.1, 0.15) is 12.8 Å². The van der Waals surface area contributed by atoms with Crippen molar-refractivity contribution in [1.29, 1.82) is 5.26 Å². The van der Waals surface area contributed by atoms with E-state index in [4.69, 9.17) is 4.98 Å². The zero-order valence-electron chi connectivity index (χ0n) is 23.7. The molecule has 8 rings (SSSR count). The van der Waals surface area contributed by atoms with Crippen molar-refractivity contribution < 1.29 is 4.57 Å². The molecule has 0 fully saturated rings. The summed E-state index contributed by atoms with van der Waals surface area (Å²) < 4.78 is 15.1. The lowest BCUT2D eigenvalue weighted by Crippen LogP contribution is -2.01. The highest BCUT2D eigenvalue weighted by Crippen LogP contribution is 2.38. The summed E-state index contributed by atoms with van der Waals surface area (Å²) in [5.41, 5.74) is 8.98. The molecule has 0 bridgehead atoms. The molecule has 0 atom stereocenters. The van der Waals surface area contributed by atoms with Crippen molar-refractivity contribution in [3.8, 4) is 28.3 Å². The van der Waals surface area contributed by atoms with E-state index in [1.165, 1.54) is 5.39 Å². The van der Waals surface area contributed by atoms with E-state index < -0.39 is 7.14 Å². The van der Waals surface area contributed by atoms with Gasteiger partial charge in [0.05, 0.1) is 28.2 Å². The Labute approximate surface area is 248 Å². The Balaban J connectivity index is 1.40. The molecule has 2 heterocycles. The van der Waals surface area contributed by atoms with Crippen molar-refractivity contribution >= 4 is 61.6 Å². The van der Waals surface area contributed by atoms with Gasteiger partial charge in [0.2, 0.25) is 0 Å². The first kappa shape index (κ1) is 25.5. The van der Waals surface area contributed by atoms with Gasteiger partial charge < -0.3 is 4.57 Å². The summed E-state index contributed by atoms with van der Waals surface area (Å²) in [7, 11) is -2.36. The predicted octanol–water partition coefficient (Wildman–Crippen LogP) is 9.40. The van der Waals surface area contributed by atoms with Crippen LogP contribution in [0.2, 0.25) is 0 Å². The van der Waals surface area contributed by atoms with Gasteiger partial charge in [-0.15, -0.1) is 0 Å². The summed E-state index contributed by atoms with van der Waals surface area (Å²) >= 11 is 0. The zero-order chi connectivity index (χ0) is 29.3. The van der Waals surface area contributed by atoms with Gasteiger partial charge in [0, 0.05) is 16.1 Å². The normalized spacial score (nSPS) is 12.0. The molecule has 0 saturated heterocycles. The molecule has 5 heteroatoms. The summed E-state index contributed by atoms with van der Waals surface area (Å²) in [6, 6.07) is 44.0. The Morgan fingerprint density at radius 3 is 2.07 bits per heavy atom. The fraction of sp³-hybridized carbons (Fsp3) is 0.0526.